The van der Waals surface area contributed by atoms with Crippen molar-refractivity contribution in [3.8, 4) is 0 Å². The van der Waals surface area contributed by atoms with Crippen LogP contribution in [-0.4, -0.2) is 74.2 Å². The van der Waals surface area contributed by atoms with Crippen molar-refractivity contribution in [2.24, 2.45) is 0 Å². The van der Waals surface area contributed by atoms with Gasteiger partial charge in [0, 0.05) is 38.8 Å². The third-order valence-corrected chi connectivity index (χ3v) is 3.62. The lowest BCUT2D eigenvalue weighted by Crippen LogP contribution is -2.52. The quantitative estimate of drug-likeness (QED) is 0.673. The van der Waals surface area contributed by atoms with Crippen LogP contribution in [0.2, 0.25) is 0 Å². The number of carbonyl (C=O) groups is 1. The highest BCUT2D eigenvalue weighted by atomic mass is 16.5. The Morgan fingerprint density at radius 2 is 2.00 bits per heavy atom. The summed E-state index contributed by atoms with van der Waals surface area (Å²) in [6.07, 6.45) is 2.39. The maximum absolute atomic E-state index is 11.9. The third kappa shape index (κ3) is 4.23. The molecule has 0 radical (unpaired) electrons. The van der Waals surface area contributed by atoms with Crippen molar-refractivity contribution in [3.05, 3.63) is 0 Å². The molecule has 1 atom stereocenters. The van der Waals surface area contributed by atoms with Crippen LogP contribution < -0.4 is 5.32 Å². The molecule has 1 unspecified atom stereocenters. The SMILES string of the molecule is CCOC(=O)C(CN1CCN(C)CC1)NC1CC1. The smallest absolute Gasteiger partial charge is 0.324 e. The Kier molecular flexibility index (Phi) is 4.97. The maximum atomic E-state index is 11.9. The van der Waals surface area contributed by atoms with Crippen molar-refractivity contribution in [1.29, 1.82) is 0 Å². The highest BCUT2D eigenvalue weighted by Crippen LogP contribution is 2.20. The number of rotatable bonds is 6. The second-order valence-electron chi connectivity index (χ2n) is 5.35. The van der Waals surface area contributed by atoms with Crippen molar-refractivity contribution in [2.45, 2.75) is 31.8 Å². The standard InChI is InChI=1S/C13H25N3O2/c1-3-18-13(17)12(14-11-4-5-11)10-16-8-6-15(2)7-9-16/h11-12,14H,3-10H2,1-2H3. The lowest BCUT2D eigenvalue weighted by molar-refractivity contribution is -0.146. The van der Waals surface area contributed by atoms with E-state index in [1.165, 1.54) is 12.8 Å². The summed E-state index contributed by atoms with van der Waals surface area (Å²) in [5.74, 6) is -0.0941. The lowest BCUT2D eigenvalue weighted by Gasteiger charge is -2.34. The van der Waals surface area contributed by atoms with Crippen LogP contribution in [-0.2, 0) is 9.53 Å². The minimum atomic E-state index is -0.152. The molecule has 1 saturated heterocycles. The van der Waals surface area contributed by atoms with Gasteiger partial charge in [-0.2, -0.15) is 0 Å². The molecule has 1 aliphatic heterocycles. The molecule has 1 aliphatic carbocycles. The molecular weight excluding hydrogens is 230 g/mol. The fourth-order valence-corrected chi connectivity index (χ4v) is 2.26. The van der Waals surface area contributed by atoms with Gasteiger partial charge in [0.15, 0.2) is 0 Å². The Bertz CT molecular complexity index is 273. The van der Waals surface area contributed by atoms with E-state index in [1.807, 2.05) is 6.92 Å². The van der Waals surface area contributed by atoms with Gasteiger partial charge < -0.3 is 15.0 Å². The van der Waals surface area contributed by atoms with Gasteiger partial charge >= 0.3 is 5.97 Å². The van der Waals surface area contributed by atoms with Crippen LogP contribution in [0.4, 0.5) is 0 Å². The van der Waals surface area contributed by atoms with Crippen LogP contribution in [0.25, 0.3) is 0 Å². The molecule has 18 heavy (non-hydrogen) atoms. The molecule has 0 amide bonds. The summed E-state index contributed by atoms with van der Waals surface area (Å²) in [5, 5.41) is 3.40. The average molecular weight is 255 g/mol. The number of piperazine rings is 1. The first-order valence-corrected chi connectivity index (χ1v) is 7.02. The first-order chi connectivity index (χ1) is 8.69. The molecule has 5 nitrogen and oxygen atoms in total. The Labute approximate surface area is 109 Å². The van der Waals surface area contributed by atoms with E-state index in [1.54, 1.807) is 0 Å². The maximum Gasteiger partial charge on any atom is 0.324 e. The Morgan fingerprint density at radius 1 is 1.33 bits per heavy atom. The van der Waals surface area contributed by atoms with E-state index in [0.717, 1.165) is 32.7 Å². The van der Waals surface area contributed by atoms with Crippen molar-refractivity contribution in [1.82, 2.24) is 15.1 Å². The van der Waals surface area contributed by atoms with Gasteiger partial charge in [-0.05, 0) is 26.8 Å². The minimum absolute atomic E-state index is 0.0941. The Hall–Kier alpha value is -0.650. The largest absolute Gasteiger partial charge is 0.465 e. The molecule has 5 heteroatoms. The van der Waals surface area contributed by atoms with E-state index in [0.29, 0.717) is 12.6 Å². The zero-order valence-electron chi connectivity index (χ0n) is 11.5. The monoisotopic (exact) mass is 255 g/mol. The van der Waals surface area contributed by atoms with Crippen LogP contribution >= 0.6 is 0 Å². The van der Waals surface area contributed by atoms with E-state index in [9.17, 15) is 4.79 Å². The van der Waals surface area contributed by atoms with E-state index in [2.05, 4.69) is 22.2 Å². The van der Waals surface area contributed by atoms with Crippen LogP contribution in [0.15, 0.2) is 0 Å². The molecule has 104 valence electrons. The second-order valence-corrected chi connectivity index (χ2v) is 5.35. The number of hydrogen-bond acceptors (Lipinski definition) is 5. The van der Waals surface area contributed by atoms with Gasteiger partial charge in [-0.15, -0.1) is 0 Å². The summed E-state index contributed by atoms with van der Waals surface area (Å²) in [7, 11) is 2.14. The summed E-state index contributed by atoms with van der Waals surface area (Å²) >= 11 is 0. The molecule has 0 aromatic heterocycles. The number of hydrogen-bond donors (Lipinski definition) is 1. The van der Waals surface area contributed by atoms with Crippen molar-refractivity contribution in [3.63, 3.8) is 0 Å². The first kappa shape index (κ1) is 13.8. The normalized spacial score (nSPS) is 23.9. The topological polar surface area (TPSA) is 44.8 Å². The minimum Gasteiger partial charge on any atom is -0.465 e. The average Bonchev–Trinajstić information content (AvgIpc) is 3.15. The van der Waals surface area contributed by atoms with Crippen LogP contribution in [0.3, 0.4) is 0 Å². The van der Waals surface area contributed by atoms with Gasteiger partial charge in [0.05, 0.1) is 6.61 Å². The van der Waals surface area contributed by atoms with Crippen LogP contribution in [0.5, 0.6) is 0 Å². The third-order valence-electron chi connectivity index (χ3n) is 3.62. The van der Waals surface area contributed by atoms with Gasteiger partial charge in [-0.1, -0.05) is 0 Å². The molecule has 1 N–H and O–H groups in total. The molecule has 0 aromatic carbocycles. The molecular formula is C13H25N3O2. The Balaban J connectivity index is 1.81. The van der Waals surface area contributed by atoms with E-state index in [-0.39, 0.29) is 12.0 Å². The van der Waals surface area contributed by atoms with E-state index < -0.39 is 0 Å². The van der Waals surface area contributed by atoms with Gasteiger partial charge in [0.25, 0.3) is 0 Å². The molecule has 2 aliphatic rings. The number of nitrogens with zero attached hydrogens (tertiary/aromatic N) is 2. The molecule has 0 aromatic rings. The summed E-state index contributed by atoms with van der Waals surface area (Å²) < 4.78 is 5.16. The first-order valence-electron chi connectivity index (χ1n) is 7.02. The summed E-state index contributed by atoms with van der Waals surface area (Å²) in [4.78, 5) is 16.6. The van der Waals surface area contributed by atoms with Gasteiger partial charge in [0.1, 0.15) is 6.04 Å². The number of nitrogens with one attached hydrogen (secondary N) is 1. The van der Waals surface area contributed by atoms with E-state index in [4.69, 9.17) is 4.74 Å². The van der Waals surface area contributed by atoms with Gasteiger partial charge in [-0.3, -0.25) is 9.69 Å². The van der Waals surface area contributed by atoms with Gasteiger partial charge in [0.2, 0.25) is 0 Å². The van der Waals surface area contributed by atoms with Crippen LogP contribution in [0.1, 0.15) is 19.8 Å². The number of carbonyl (C=O) groups excluding carboxylic acids is 1. The molecule has 0 spiro atoms. The fourth-order valence-electron chi connectivity index (χ4n) is 2.26. The predicted octanol–water partition coefficient (Wildman–Crippen LogP) is -0.0825. The van der Waals surface area contributed by atoms with Crippen molar-refractivity contribution in [2.75, 3.05) is 46.4 Å². The number of ether oxygens (including phenoxy) is 1. The highest BCUT2D eigenvalue weighted by molar-refractivity contribution is 5.76. The summed E-state index contributed by atoms with van der Waals surface area (Å²) in [6, 6.07) is 0.382. The molecule has 2 rings (SSSR count). The molecule has 2 fully saturated rings. The summed E-state index contributed by atoms with van der Waals surface area (Å²) in [6.45, 7) is 7.35. The predicted molar refractivity (Wildman–Crippen MR) is 70.5 cm³/mol. The zero-order valence-corrected chi connectivity index (χ0v) is 11.5. The lowest BCUT2D eigenvalue weighted by atomic mass is 10.2. The second kappa shape index (κ2) is 6.50. The van der Waals surface area contributed by atoms with E-state index >= 15 is 0 Å². The van der Waals surface area contributed by atoms with Crippen molar-refractivity contribution < 1.29 is 9.53 Å². The number of esters is 1. The molecule has 1 saturated carbocycles. The Morgan fingerprint density at radius 3 is 2.56 bits per heavy atom. The van der Waals surface area contributed by atoms with Gasteiger partial charge in [-0.25, -0.2) is 0 Å². The summed E-state index contributed by atoms with van der Waals surface area (Å²) in [5.41, 5.74) is 0. The molecule has 0 bridgehead atoms. The highest BCUT2D eigenvalue weighted by Gasteiger charge is 2.31. The number of likely N-dealkylation sites (N-methyl/N-ethyl adjacent to an activating group) is 1. The zero-order chi connectivity index (χ0) is 13.0. The fraction of sp³-hybridized carbons (Fsp3) is 0.923. The van der Waals surface area contributed by atoms with Crippen LogP contribution in [0, 0.1) is 0 Å². The van der Waals surface area contributed by atoms with Crippen molar-refractivity contribution >= 4 is 5.97 Å². The molecule has 1 heterocycles.